The van der Waals surface area contributed by atoms with Crippen LogP contribution in [0.5, 0.6) is 5.75 Å². The molecular formula is C14H22N2O3. The first-order valence-electron chi connectivity index (χ1n) is 6.75. The summed E-state index contributed by atoms with van der Waals surface area (Å²) in [4.78, 5) is 0. The lowest BCUT2D eigenvalue weighted by Crippen LogP contribution is -2.34. The molecule has 0 amide bonds. The summed E-state index contributed by atoms with van der Waals surface area (Å²) in [5, 5.41) is 3.32. The second kappa shape index (κ2) is 7.21. The van der Waals surface area contributed by atoms with Crippen LogP contribution >= 0.6 is 0 Å². The zero-order chi connectivity index (χ0) is 13.5. The Bertz CT molecular complexity index is 392. The van der Waals surface area contributed by atoms with E-state index in [0.29, 0.717) is 32.1 Å². The fourth-order valence-electron chi connectivity index (χ4n) is 1.87. The average molecular weight is 266 g/mol. The van der Waals surface area contributed by atoms with Gasteiger partial charge < -0.3 is 25.3 Å². The molecule has 0 radical (unpaired) electrons. The standard InChI is InChI=1S/C14H22N2O3/c1-2-5-19-14-8-11(3-4-13(14)15)16-9-12-10-17-6-7-18-12/h3-4,8,12,16H,2,5-7,9-10,15H2,1H3. The van der Waals surface area contributed by atoms with Crippen LogP contribution in [0.1, 0.15) is 13.3 Å². The number of ether oxygens (including phenoxy) is 3. The van der Waals surface area contributed by atoms with Crippen molar-refractivity contribution in [3.8, 4) is 5.75 Å². The van der Waals surface area contributed by atoms with Crippen molar-refractivity contribution in [2.45, 2.75) is 19.4 Å². The highest BCUT2D eigenvalue weighted by atomic mass is 16.6. The van der Waals surface area contributed by atoms with E-state index >= 15 is 0 Å². The second-order valence-corrected chi connectivity index (χ2v) is 4.55. The molecule has 1 unspecified atom stereocenters. The minimum atomic E-state index is 0.103. The smallest absolute Gasteiger partial charge is 0.144 e. The zero-order valence-electron chi connectivity index (χ0n) is 11.4. The number of hydrogen-bond acceptors (Lipinski definition) is 5. The highest BCUT2D eigenvalue weighted by Gasteiger charge is 2.14. The van der Waals surface area contributed by atoms with Gasteiger partial charge in [-0.1, -0.05) is 6.92 Å². The lowest BCUT2D eigenvalue weighted by molar-refractivity contribution is -0.0818. The summed E-state index contributed by atoms with van der Waals surface area (Å²) in [7, 11) is 0. The van der Waals surface area contributed by atoms with Crippen LogP contribution in [0.25, 0.3) is 0 Å². The van der Waals surface area contributed by atoms with Crippen LogP contribution in [0.2, 0.25) is 0 Å². The van der Waals surface area contributed by atoms with E-state index < -0.39 is 0 Å². The van der Waals surface area contributed by atoms with Gasteiger partial charge in [0.15, 0.2) is 0 Å². The molecule has 5 heteroatoms. The van der Waals surface area contributed by atoms with E-state index in [-0.39, 0.29) is 6.10 Å². The van der Waals surface area contributed by atoms with Crippen LogP contribution < -0.4 is 15.8 Å². The van der Waals surface area contributed by atoms with Crippen LogP contribution in [0.4, 0.5) is 11.4 Å². The molecule has 0 saturated carbocycles. The molecule has 106 valence electrons. The molecule has 1 fully saturated rings. The van der Waals surface area contributed by atoms with Crippen molar-refractivity contribution in [3.63, 3.8) is 0 Å². The monoisotopic (exact) mass is 266 g/mol. The fraction of sp³-hybridized carbons (Fsp3) is 0.571. The Hall–Kier alpha value is -1.46. The molecule has 1 saturated heterocycles. The van der Waals surface area contributed by atoms with Gasteiger partial charge in [-0.05, 0) is 18.6 Å². The number of nitrogens with one attached hydrogen (secondary N) is 1. The van der Waals surface area contributed by atoms with E-state index in [2.05, 4.69) is 12.2 Å². The Morgan fingerprint density at radius 2 is 2.32 bits per heavy atom. The molecule has 1 aliphatic heterocycles. The summed E-state index contributed by atoms with van der Waals surface area (Å²) in [5.74, 6) is 0.729. The molecule has 3 N–H and O–H groups in total. The lowest BCUT2D eigenvalue weighted by Gasteiger charge is -2.23. The Morgan fingerprint density at radius 1 is 1.42 bits per heavy atom. The quantitative estimate of drug-likeness (QED) is 0.770. The maximum absolute atomic E-state index is 5.87. The summed E-state index contributed by atoms with van der Waals surface area (Å²) in [6.45, 7) is 5.45. The summed E-state index contributed by atoms with van der Waals surface area (Å²) in [6, 6.07) is 5.72. The molecule has 0 bridgehead atoms. The van der Waals surface area contributed by atoms with Crippen molar-refractivity contribution < 1.29 is 14.2 Å². The minimum absolute atomic E-state index is 0.103. The van der Waals surface area contributed by atoms with Crippen LogP contribution in [0, 0.1) is 0 Å². The van der Waals surface area contributed by atoms with Crippen molar-refractivity contribution in [2.24, 2.45) is 0 Å². The van der Waals surface area contributed by atoms with Crippen molar-refractivity contribution in [1.82, 2.24) is 0 Å². The first kappa shape index (κ1) is 14.0. The van der Waals surface area contributed by atoms with Gasteiger partial charge in [0.1, 0.15) is 5.75 Å². The van der Waals surface area contributed by atoms with Crippen molar-refractivity contribution in [3.05, 3.63) is 18.2 Å². The normalized spacial score (nSPS) is 19.1. The van der Waals surface area contributed by atoms with E-state index in [1.165, 1.54) is 0 Å². The van der Waals surface area contributed by atoms with Crippen molar-refractivity contribution in [2.75, 3.05) is 44.0 Å². The van der Waals surface area contributed by atoms with Crippen LogP contribution in [0.3, 0.4) is 0 Å². The van der Waals surface area contributed by atoms with Gasteiger partial charge in [-0.15, -0.1) is 0 Å². The number of benzene rings is 1. The predicted molar refractivity (Wildman–Crippen MR) is 75.7 cm³/mol. The molecule has 0 aromatic heterocycles. The molecule has 2 rings (SSSR count). The molecule has 0 spiro atoms. The molecule has 1 aromatic carbocycles. The van der Waals surface area contributed by atoms with Crippen LogP contribution in [-0.4, -0.2) is 39.1 Å². The topological polar surface area (TPSA) is 65.7 Å². The maximum Gasteiger partial charge on any atom is 0.144 e. The molecule has 1 aromatic rings. The molecule has 19 heavy (non-hydrogen) atoms. The SMILES string of the molecule is CCCOc1cc(NCC2COCCO2)ccc1N. The Kier molecular flexibility index (Phi) is 5.30. The van der Waals surface area contributed by atoms with E-state index in [1.807, 2.05) is 18.2 Å². The van der Waals surface area contributed by atoms with E-state index in [4.69, 9.17) is 19.9 Å². The van der Waals surface area contributed by atoms with E-state index in [0.717, 1.165) is 24.4 Å². The Balaban J connectivity index is 1.88. The van der Waals surface area contributed by atoms with Gasteiger partial charge in [0.2, 0.25) is 0 Å². The minimum Gasteiger partial charge on any atom is -0.491 e. The number of anilines is 2. The first-order chi connectivity index (χ1) is 9.29. The van der Waals surface area contributed by atoms with Gasteiger partial charge in [-0.25, -0.2) is 0 Å². The Morgan fingerprint density at radius 3 is 3.05 bits per heavy atom. The molecular weight excluding hydrogens is 244 g/mol. The summed E-state index contributed by atoms with van der Waals surface area (Å²) in [5.41, 5.74) is 7.52. The van der Waals surface area contributed by atoms with Crippen LogP contribution in [-0.2, 0) is 9.47 Å². The van der Waals surface area contributed by atoms with Crippen LogP contribution in [0.15, 0.2) is 18.2 Å². The van der Waals surface area contributed by atoms with Gasteiger partial charge >= 0.3 is 0 Å². The highest BCUT2D eigenvalue weighted by molar-refractivity contribution is 5.61. The largest absolute Gasteiger partial charge is 0.491 e. The van der Waals surface area contributed by atoms with E-state index in [9.17, 15) is 0 Å². The number of nitrogen functional groups attached to an aromatic ring is 1. The maximum atomic E-state index is 5.87. The first-order valence-corrected chi connectivity index (χ1v) is 6.75. The lowest BCUT2D eigenvalue weighted by atomic mass is 10.2. The third kappa shape index (κ3) is 4.29. The molecule has 5 nitrogen and oxygen atoms in total. The van der Waals surface area contributed by atoms with E-state index in [1.54, 1.807) is 0 Å². The highest BCUT2D eigenvalue weighted by Crippen LogP contribution is 2.25. The van der Waals surface area contributed by atoms with Gasteiger partial charge in [0, 0.05) is 18.3 Å². The van der Waals surface area contributed by atoms with Gasteiger partial charge in [0.25, 0.3) is 0 Å². The number of rotatable bonds is 6. The summed E-state index contributed by atoms with van der Waals surface area (Å²) < 4.78 is 16.5. The average Bonchev–Trinajstić information content (AvgIpc) is 2.46. The zero-order valence-corrected chi connectivity index (χ0v) is 11.4. The van der Waals surface area contributed by atoms with Crippen molar-refractivity contribution >= 4 is 11.4 Å². The van der Waals surface area contributed by atoms with Gasteiger partial charge in [-0.2, -0.15) is 0 Å². The summed E-state index contributed by atoms with van der Waals surface area (Å²) in [6.07, 6.45) is 1.07. The fourth-order valence-corrected chi connectivity index (χ4v) is 1.87. The molecule has 1 aliphatic rings. The predicted octanol–water partition coefficient (Wildman–Crippen LogP) is 1.88. The molecule has 0 aliphatic carbocycles. The molecule has 1 atom stereocenters. The third-order valence-electron chi connectivity index (χ3n) is 2.89. The number of nitrogens with two attached hydrogens (primary N) is 1. The van der Waals surface area contributed by atoms with Gasteiger partial charge in [0.05, 0.1) is 38.2 Å². The Labute approximate surface area is 114 Å². The second-order valence-electron chi connectivity index (χ2n) is 4.55. The van der Waals surface area contributed by atoms with Gasteiger partial charge in [-0.3, -0.25) is 0 Å². The summed E-state index contributed by atoms with van der Waals surface area (Å²) >= 11 is 0. The third-order valence-corrected chi connectivity index (χ3v) is 2.89. The number of hydrogen-bond donors (Lipinski definition) is 2. The molecule has 1 heterocycles. The van der Waals surface area contributed by atoms with Crippen molar-refractivity contribution in [1.29, 1.82) is 0 Å².